The zero-order chi connectivity index (χ0) is 29.1. The lowest BCUT2D eigenvalue weighted by Crippen LogP contribution is -2.31. The molecular formula is C33H36N4O4. The molecule has 212 valence electrons. The lowest BCUT2D eigenvalue weighted by atomic mass is 9.82. The number of phenols is 1. The molecular weight excluding hydrogens is 516 g/mol. The lowest BCUT2D eigenvalue weighted by Gasteiger charge is -2.25. The highest BCUT2D eigenvalue weighted by Gasteiger charge is 2.27. The highest BCUT2D eigenvalue weighted by Crippen LogP contribution is 2.39. The Labute approximate surface area is 240 Å². The Morgan fingerprint density at radius 3 is 2.29 bits per heavy atom. The van der Waals surface area contributed by atoms with Gasteiger partial charge < -0.3 is 20.5 Å². The third kappa shape index (κ3) is 6.27. The van der Waals surface area contributed by atoms with Crippen LogP contribution < -0.4 is 15.4 Å². The summed E-state index contributed by atoms with van der Waals surface area (Å²) in [4.78, 5) is 26.0. The predicted molar refractivity (Wildman–Crippen MR) is 160 cm³/mol. The highest BCUT2D eigenvalue weighted by atomic mass is 16.5. The minimum absolute atomic E-state index is 0.000667. The number of aromatic nitrogens is 2. The molecule has 4 aromatic rings. The molecule has 0 radical (unpaired) electrons. The van der Waals surface area contributed by atoms with Gasteiger partial charge in [0.2, 0.25) is 0 Å². The number of rotatable bonds is 7. The monoisotopic (exact) mass is 552 g/mol. The molecule has 0 atom stereocenters. The standard InChI is InChI=1S/C33H36N4O4/c1-33(2,3)24-12-10-23(11-13-24)31(39)35-25-14-17-27(30(38)18-25)28-19-29(22-6-5-7-22)37(36-28)32(40)34-20-21-8-15-26(41-4)16-9-21/h8-19,22,38H,5-7,20H2,1-4H3,(H,34,40)(H,35,39). The molecule has 1 aromatic heterocycles. The van der Waals surface area contributed by atoms with E-state index in [0.29, 0.717) is 29.1 Å². The van der Waals surface area contributed by atoms with Gasteiger partial charge in [-0.3, -0.25) is 4.79 Å². The summed E-state index contributed by atoms with van der Waals surface area (Å²) in [6.07, 6.45) is 3.09. The molecule has 3 aromatic carbocycles. The van der Waals surface area contributed by atoms with Crippen LogP contribution in [0.15, 0.2) is 72.8 Å². The van der Waals surface area contributed by atoms with Gasteiger partial charge in [0.1, 0.15) is 11.5 Å². The summed E-state index contributed by atoms with van der Waals surface area (Å²) in [6.45, 7) is 6.72. The Balaban J connectivity index is 1.31. The van der Waals surface area contributed by atoms with E-state index in [0.717, 1.165) is 41.8 Å². The molecule has 0 saturated heterocycles. The van der Waals surface area contributed by atoms with Gasteiger partial charge in [0.05, 0.1) is 18.5 Å². The fourth-order valence-electron chi connectivity index (χ4n) is 4.83. The maximum atomic E-state index is 13.2. The second kappa shape index (κ2) is 11.5. The van der Waals surface area contributed by atoms with Crippen molar-refractivity contribution in [2.75, 3.05) is 12.4 Å². The van der Waals surface area contributed by atoms with Crippen molar-refractivity contribution in [3.8, 4) is 22.8 Å². The molecule has 0 unspecified atom stereocenters. The first-order valence-electron chi connectivity index (χ1n) is 13.9. The van der Waals surface area contributed by atoms with Crippen molar-refractivity contribution in [3.05, 3.63) is 95.2 Å². The Morgan fingerprint density at radius 1 is 1.00 bits per heavy atom. The van der Waals surface area contributed by atoms with Gasteiger partial charge in [-0.1, -0.05) is 51.5 Å². The molecule has 0 aliphatic heterocycles. The van der Waals surface area contributed by atoms with Gasteiger partial charge in [-0.15, -0.1) is 0 Å². The maximum Gasteiger partial charge on any atom is 0.342 e. The van der Waals surface area contributed by atoms with Crippen molar-refractivity contribution >= 4 is 17.6 Å². The van der Waals surface area contributed by atoms with Crippen LogP contribution in [0.4, 0.5) is 10.5 Å². The van der Waals surface area contributed by atoms with E-state index in [-0.39, 0.29) is 29.0 Å². The number of anilines is 1. The van der Waals surface area contributed by atoms with Crippen molar-refractivity contribution in [1.29, 1.82) is 0 Å². The number of amides is 2. The van der Waals surface area contributed by atoms with E-state index < -0.39 is 0 Å². The summed E-state index contributed by atoms with van der Waals surface area (Å²) in [5.74, 6) is 0.703. The molecule has 1 heterocycles. The summed E-state index contributed by atoms with van der Waals surface area (Å²) < 4.78 is 6.61. The van der Waals surface area contributed by atoms with Crippen molar-refractivity contribution in [1.82, 2.24) is 15.1 Å². The Kier molecular flexibility index (Phi) is 7.83. The van der Waals surface area contributed by atoms with Crippen LogP contribution in [-0.2, 0) is 12.0 Å². The summed E-state index contributed by atoms with van der Waals surface area (Å²) in [7, 11) is 1.61. The zero-order valence-corrected chi connectivity index (χ0v) is 23.9. The first-order chi connectivity index (χ1) is 19.6. The van der Waals surface area contributed by atoms with E-state index in [1.807, 2.05) is 42.5 Å². The van der Waals surface area contributed by atoms with Gasteiger partial charge in [-0.2, -0.15) is 9.78 Å². The van der Waals surface area contributed by atoms with Crippen LogP contribution >= 0.6 is 0 Å². The SMILES string of the molecule is COc1ccc(CNC(=O)n2nc(-c3ccc(NC(=O)c4ccc(C(C)(C)C)cc4)cc3O)cc2C2CCC2)cc1. The number of phenolic OH excluding ortho intramolecular Hbond substituents is 1. The van der Waals surface area contributed by atoms with Crippen molar-refractivity contribution in [2.45, 2.75) is 57.9 Å². The van der Waals surface area contributed by atoms with Gasteiger partial charge in [-0.25, -0.2) is 4.79 Å². The summed E-state index contributed by atoms with van der Waals surface area (Å²) in [5, 5.41) is 21.3. The number of carbonyl (C=O) groups is 2. The molecule has 0 spiro atoms. The number of nitrogens with zero attached hydrogens (tertiary/aromatic N) is 2. The molecule has 1 saturated carbocycles. The van der Waals surface area contributed by atoms with E-state index in [4.69, 9.17) is 4.74 Å². The summed E-state index contributed by atoms with van der Waals surface area (Å²) in [6, 6.07) is 21.5. The first-order valence-corrected chi connectivity index (χ1v) is 13.9. The van der Waals surface area contributed by atoms with Crippen LogP contribution in [0.25, 0.3) is 11.3 Å². The van der Waals surface area contributed by atoms with Gasteiger partial charge in [0.15, 0.2) is 0 Å². The van der Waals surface area contributed by atoms with Gasteiger partial charge >= 0.3 is 6.03 Å². The van der Waals surface area contributed by atoms with Crippen LogP contribution in [0.1, 0.15) is 73.1 Å². The van der Waals surface area contributed by atoms with Crippen LogP contribution in [-0.4, -0.2) is 33.9 Å². The number of methoxy groups -OCH3 is 1. The fourth-order valence-corrected chi connectivity index (χ4v) is 4.83. The second-order valence-corrected chi connectivity index (χ2v) is 11.5. The molecule has 41 heavy (non-hydrogen) atoms. The minimum atomic E-state index is -0.324. The number of ether oxygens (including phenoxy) is 1. The molecule has 8 heteroatoms. The van der Waals surface area contributed by atoms with Crippen molar-refractivity contribution in [2.24, 2.45) is 0 Å². The minimum Gasteiger partial charge on any atom is -0.507 e. The number of nitrogens with one attached hydrogen (secondary N) is 2. The van der Waals surface area contributed by atoms with Crippen LogP contribution in [0.3, 0.4) is 0 Å². The number of benzene rings is 3. The van der Waals surface area contributed by atoms with E-state index >= 15 is 0 Å². The van der Waals surface area contributed by atoms with E-state index in [2.05, 4.69) is 36.5 Å². The molecule has 1 aliphatic carbocycles. The predicted octanol–water partition coefficient (Wildman–Crippen LogP) is 6.84. The fraction of sp³-hybridized carbons (Fsp3) is 0.303. The second-order valence-electron chi connectivity index (χ2n) is 11.5. The van der Waals surface area contributed by atoms with Crippen molar-refractivity contribution in [3.63, 3.8) is 0 Å². The largest absolute Gasteiger partial charge is 0.507 e. The lowest BCUT2D eigenvalue weighted by molar-refractivity contribution is 0.102. The highest BCUT2D eigenvalue weighted by molar-refractivity contribution is 6.04. The number of hydrogen-bond acceptors (Lipinski definition) is 5. The van der Waals surface area contributed by atoms with Crippen LogP contribution in [0.2, 0.25) is 0 Å². The molecule has 0 bridgehead atoms. The van der Waals surface area contributed by atoms with E-state index in [9.17, 15) is 14.7 Å². The molecule has 1 aliphatic rings. The van der Waals surface area contributed by atoms with Gasteiger partial charge in [-0.05, 0) is 71.8 Å². The zero-order valence-electron chi connectivity index (χ0n) is 23.9. The van der Waals surface area contributed by atoms with Crippen molar-refractivity contribution < 1.29 is 19.4 Å². The van der Waals surface area contributed by atoms with Gasteiger partial charge in [0, 0.05) is 35.3 Å². The summed E-state index contributed by atoms with van der Waals surface area (Å²) in [5.41, 5.74) is 4.90. The molecule has 1 fully saturated rings. The van der Waals surface area contributed by atoms with E-state index in [1.165, 1.54) is 10.7 Å². The Bertz CT molecular complexity index is 1550. The molecule has 5 rings (SSSR count). The quantitative estimate of drug-likeness (QED) is 0.233. The topological polar surface area (TPSA) is 105 Å². The van der Waals surface area contributed by atoms with Gasteiger partial charge in [0.25, 0.3) is 5.91 Å². The third-order valence-corrected chi connectivity index (χ3v) is 7.60. The number of hydrogen-bond donors (Lipinski definition) is 3. The maximum absolute atomic E-state index is 13.2. The third-order valence-electron chi connectivity index (χ3n) is 7.60. The average molecular weight is 553 g/mol. The first kappa shape index (κ1) is 28.0. The Morgan fingerprint density at radius 2 is 1.71 bits per heavy atom. The van der Waals surface area contributed by atoms with Crippen LogP contribution in [0, 0.1) is 0 Å². The molecule has 3 N–H and O–H groups in total. The van der Waals surface area contributed by atoms with E-state index in [1.54, 1.807) is 31.4 Å². The molecule has 2 amide bonds. The van der Waals surface area contributed by atoms with Crippen LogP contribution in [0.5, 0.6) is 11.5 Å². The smallest absolute Gasteiger partial charge is 0.342 e. The normalized spacial score (nSPS) is 13.4. The number of aromatic hydroxyl groups is 1. The number of carbonyl (C=O) groups excluding carboxylic acids is 2. The summed E-state index contributed by atoms with van der Waals surface area (Å²) >= 11 is 0. The average Bonchev–Trinajstić information content (AvgIpc) is 3.35. The Hall–Kier alpha value is -4.59. The molecule has 8 nitrogen and oxygen atoms in total.